The molecule has 5 heteroatoms. The lowest BCUT2D eigenvalue weighted by Crippen LogP contribution is -2.13. The molecule has 114 valence electrons. The Morgan fingerprint density at radius 2 is 2.00 bits per heavy atom. The molecule has 0 bridgehead atoms. The first-order valence-corrected chi connectivity index (χ1v) is 8.01. The fourth-order valence-corrected chi connectivity index (χ4v) is 2.87. The molecule has 0 fully saturated rings. The number of nitriles is 1. The molecule has 0 aliphatic rings. The molecule has 0 spiro atoms. The number of carbonyl (C=O) groups excluding carboxylic acids is 1. The number of hydrogen-bond acceptors (Lipinski definition) is 4. The van der Waals surface area contributed by atoms with E-state index in [1.165, 1.54) is 0 Å². The summed E-state index contributed by atoms with van der Waals surface area (Å²) in [5, 5.41) is 14.6. The SMILES string of the molecule is CC(C)(C)c1csc(CCC(=O)Nc2ccc(C#N)cc2)n1. The zero-order valence-corrected chi connectivity index (χ0v) is 13.8. The number of thiazole rings is 1. The molecule has 2 aromatic rings. The molecule has 1 aromatic carbocycles. The first kappa shape index (κ1) is 16.2. The van der Waals surface area contributed by atoms with Gasteiger partial charge in [0.05, 0.1) is 22.3 Å². The van der Waals surface area contributed by atoms with E-state index in [-0.39, 0.29) is 11.3 Å². The van der Waals surface area contributed by atoms with Crippen LogP contribution in [-0.4, -0.2) is 10.9 Å². The minimum Gasteiger partial charge on any atom is -0.326 e. The number of amides is 1. The molecular formula is C17H19N3OS. The molecule has 0 saturated carbocycles. The lowest BCUT2D eigenvalue weighted by Gasteiger charge is -2.14. The third kappa shape index (κ3) is 4.40. The zero-order valence-electron chi connectivity index (χ0n) is 13.0. The van der Waals surface area contributed by atoms with Gasteiger partial charge in [0.2, 0.25) is 5.91 Å². The third-order valence-electron chi connectivity index (χ3n) is 3.18. The van der Waals surface area contributed by atoms with E-state index in [9.17, 15) is 4.79 Å². The van der Waals surface area contributed by atoms with E-state index in [4.69, 9.17) is 5.26 Å². The highest BCUT2D eigenvalue weighted by atomic mass is 32.1. The van der Waals surface area contributed by atoms with Gasteiger partial charge in [-0.2, -0.15) is 5.26 Å². The van der Waals surface area contributed by atoms with Gasteiger partial charge in [0.15, 0.2) is 0 Å². The van der Waals surface area contributed by atoms with Crippen molar-refractivity contribution in [3.63, 3.8) is 0 Å². The molecule has 1 aromatic heterocycles. The Hall–Kier alpha value is -2.19. The topological polar surface area (TPSA) is 65.8 Å². The number of aromatic nitrogens is 1. The molecule has 0 saturated heterocycles. The van der Waals surface area contributed by atoms with E-state index < -0.39 is 0 Å². The zero-order chi connectivity index (χ0) is 16.2. The predicted molar refractivity (Wildman–Crippen MR) is 88.9 cm³/mol. The van der Waals surface area contributed by atoms with Gasteiger partial charge in [-0.1, -0.05) is 20.8 Å². The number of nitrogens with one attached hydrogen (secondary N) is 1. The molecule has 0 radical (unpaired) electrons. The number of carbonyl (C=O) groups is 1. The van der Waals surface area contributed by atoms with Crippen LogP contribution in [0.4, 0.5) is 5.69 Å². The van der Waals surface area contributed by atoms with Gasteiger partial charge in [-0.3, -0.25) is 4.79 Å². The molecule has 1 N–H and O–H groups in total. The van der Waals surface area contributed by atoms with Crippen LogP contribution in [0.3, 0.4) is 0 Å². The third-order valence-corrected chi connectivity index (χ3v) is 4.09. The number of hydrogen-bond donors (Lipinski definition) is 1. The molecule has 0 atom stereocenters. The Morgan fingerprint density at radius 3 is 2.55 bits per heavy atom. The summed E-state index contributed by atoms with van der Waals surface area (Å²) in [6.07, 6.45) is 1.04. The average molecular weight is 313 g/mol. The van der Waals surface area contributed by atoms with Crippen molar-refractivity contribution < 1.29 is 4.79 Å². The Bertz CT molecular complexity index is 690. The maximum absolute atomic E-state index is 11.9. The van der Waals surface area contributed by atoms with Crippen molar-refractivity contribution in [1.82, 2.24) is 4.98 Å². The number of rotatable bonds is 4. The van der Waals surface area contributed by atoms with E-state index in [0.717, 1.165) is 10.7 Å². The summed E-state index contributed by atoms with van der Waals surface area (Å²) in [7, 11) is 0. The van der Waals surface area contributed by atoms with Crippen LogP contribution in [-0.2, 0) is 16.6 Å². The summed E-state index contributed by atoms with van der Waals surface area (Å²) in [6.45, 7) is 6.39. The van der Waals surface area contributed by atoms with Crippen LogP contribution in [0.2, 0.25) is 0 Å². The quantitative estimate of drug-likeness (QED) is 0.931. The second-order valence-corrected chi connectivity index (χ2v) is 7.06. The number of benzene rings is 1. The summed E-state index contributed by atoms with van der Waals surface area (Å²) in [4.78, 5) is 16.5. The van der Waals surface area contributed by atoms with Crippen LogP contribution in [0.15, 0.2) is 29.6 Å². The van der Waals surface area contributed by atoms with Crippen molar-refractivity contribution in [3.8, 4) is 6.07 Å². The van der Waals surface area contributed by atoms with Gasteiger partial charge in [0.1, 0.15) is 0 Å². The highest BCUT2D eigenvalue weighted by Crippen LogP contribution is 2.24. The van der Waals surface area contributed by atoms with Gasteiger partial charge >= 0.3 is 0 Å². The van der Waals surface area contributed by atoms with Gasteiger partial charge in [-0.25, -0.2) is 4.98 Å². The number of aryl methyl sites for hydroxylation is 1. The van der Waals surface area contributed by atoms with Gasteiger partial charge < -0.3 is 5.32 Å². The van der Waals surface area contributed by atoms with Crippen molar-refractivity contribution in [2.24, 2.45) is 0 Å². The molecule has 4 nitrogen and oxygen atoms in total. The fourth-order valence-electron chi connectivity index (χ4n) is 1.84. The van der Waals surface area contributed by atoms with E-state index >= 15 is 0 Å². The smallest absolute Gasteiger partial charge is 0.224 e. The first-order valence-electron chi connectivity index (χ1n) is 7.13. The van der Waals surface area contributed by atoms with Crippen LogP contribution >= 0.6 is 11.3 Å². The molecule has 0 aliphatic heterocycles. The predicted octanol–water partition coefficient (Wildman–Crippen LogP) is 3.88. The maximum Gasteiger partial charge on any atom is 0.224 e. The average Bonchev–Trinajstić information content (AvgIpc) is 2.95. The second kappa shape index (κ2) is 6.71. The fraction of sp³-hybridized carbons (Fsp3) is 0.353. The van der Waals surface area contributed by atoms with Gasteiger partial charge in [-0.05, 0) is 24.3 Å². The normalized spacial score (nSPS) is 11.0. The second-order valence-electron chi connectivity index (χ2n) is 6.11. The minimum atomic E-state index is -0.0442. The summed E-state index contributed by atoms with van der Waals surface area (Å²) in [5.41, 5.74) is 2.40. The lowest BCUT2D eigenvalue weighted by atomic mass is 9.93. The van der Waals surface area contributed by atoms with Crippen LogP contribution in [0.1, 0.15) is 43.5 Å². The molecule has 22 heavy (non-hydrogen) atoms. The van der Waals surface area contributed by atoms with Gasteiger partial charge in [-0.15, -0.1) is 11.3 Å². The molecule has 1 amide bonds. The van der Waals surface area contributed by atoms with Crippen molar-refractivity contribution in [3.05, 3.63) is 45.9 Å². The monoisotopic (exact) mass is 313 g/mol. The maximum atomic E-state index is 11.9. The van der Waals surface area contributed by atoms with Crippen molar-refractivity contribution in [2.45, 2.75) is 39.0 Å². The Kier molecular flexibility index (Phi) is 4.94. The molecule has 0 unspecified atom stereocenters. The Labute approximate surface area is 134 Å². The highest BCUT2D eigenvalue weighted by Gasteiger charge is 2.17. The largest absolute Gasteiger partial charge is 0.326 e. The highest BCUT2D eigenvalue weighted by molar-refractivity contribution is 7.09. The van der Waals surface area contributed by atoms with E-state index in [0.29, 0.717) is 24.1 Å². The van der Waals surface area contributed by atoms with Crippen molar-refractivity contribution in [1.29, 1.82) is 5.26 Å². The summed E-state index contributed by atoms with van der Waals surface area (Å²) in [6, 6.07) is 8.89. The Balaban J connectivity index is 1.87. The van der Waals surface area contributed by atoms with E-state index in [1.807, 2.05) is 6.07 Å². The first-order chi connectivity index (χ1) is 10.4. The van der Waals surface area contributed by atoms with E-state index in [1.54, 1.807) is 35.6 Å². The number of anilines is 1. The molecular weight excluding hydrogens is 294 g/mol. The summed E-state index contributed by atoms with van der Waals surface area (Å²) >= 11 is 1.60. The molecule has 0 aliphatic carbocycles. The van der Waals surface area contributed by atoms with Crippen LogP contribution in [0.25, 0.3) is 0 Å². The standard InChI is InChI=1S/C17H19N3OS/c1-17(2,3)14-11-22-16(20-14)9-8-15(21)19-13-6-4-12(10-18)5-7-13/h4-7,11H,8-9H2,1-3H3,(H,19,21). The summed E-state index contributed by atoms with van der Waals surface area (Å²) in [5.74, 6) is -0.0442. The molecule has 2 rings (SSSR count). The number of nitrogens with zero attached hydrogens (tertiary/aromatic N) is 2. The van der Waals surface area contributed by atoms with Crippen molar-refractivity contribution >= 4 is 22.9 Å². The van der Waals surface area contributed by atoms with Crippen LogP contribution in [0, 0.1) is 11.3 Å². The minimum absolute atomic E-state index is 0.0412. The van der Waals surface area contributed by atoms with E-state index in [2.05, 4.69) is 36.5 Å². The molecule has 1 heterocycles. The Morgan fingerprint density at radius 1 is 1.32 bits per heavy atom. The van der Waals surface area contributed by atoms with Crippen LogP contribution < -0.4 is 5.32 Å². The van der Waals surface area contributed by atoms with Gasteiger partial charge in [0.25, 0.3) is 0 Å². The van der Waals surface area contributed by atoms with Gasteiger partial charge in [0, 0.05) is 29.3 Å². The van der Waals surface area contributed by atoms with Crippen molar-refractivity contribution in [2.75, 3.05) is 5.32 Å². The lowest BCUT2D eigenvalue weighted by molar-refractivity contribution is -0.116. The summed E-state index contributed by atoms with van der Waals surface area (Å²) < 4.78 is 0. The van der Waals surface area contributed by atoms with Crippen LogP contribution in [0.5, 0.6) is 0 Å².